The van der Waals surface area contributed by atoms with Crippen LogP contribution in [0.2, 0.25) is 0 Å². The summed E-state index contributed by atoms with van der Waals surface area (Å²) in [7, 11) is 1.49. The molecule has 1 saturated heterocycles. The van der Waals surface area contributed by atoms with E-state index in [1.165, 1.54) is 7.11 Å². The third kappa shape index (κ3) is 4.66. The molecule has 0 aliphatic carbocycles. The van der Waals surface area contributed by atoms with Crippen LogP contribution in [0.1, 0.15) is 18.1 Å². The highest BCUT2D eigenvalue weighted by Crippen LogP contribution is 2.28. The van der Waals surface area contributed by atoms with Crippen LogP contribution in [0.4, 0.5) is 10.5 Å². The van der Waals surface area contributed by atoms with Crippen LogP contribution in [0.25, 0.3) is 0 Å². The van der Waals surface area contributed by atoms with Crippen LogP contribution < -0.4 is 20.7 Å². The molecule has 0 saturated carbocycles. The van der Waals surface area contributed by atoms with E-state index in [1.807, 2.05) is 13.0 Å². The van der Waals surface area contributed by atoms with Crippen LogP contribution in [0.15, 0.2) is 48.5 Å². The van der Waals surface area contributed by atoms with Crippen molar-refractivity contribution >= 4 is 29.4 Å². The molecule has 0 radical (unpaired) electrons. The Morgan fingerprint density at radius 2 is 1.81 bits per heavy atom. The molecule has 2 aromatic carbocycles. The van der Waals surface area contributed by atoms with E-state index in [2.05, 4.69) is 16.0 Å². The fraction of sp³-hybridized carbons (Fsp3) is 0.273. The minimum atomic E-state index is -1.25. The average molecular weight is 424 g/mol. The molecule has 3 rings (SSSR count). The Hall–Kier alpha value is -3.88. The number of hydrogen-bond donors (Lipinski definition) is 3. The molecule has 9 nitrogen and oxygen atoms in total. The Morgan fingerprint density at radius 1 is 1.10 bits per heavy atom. The van der Waals surface area contributed by atoms with E-state index in [1.54, 1.807) is 49.4 Å². The summed E-state index contributed by atoms with van der Waals surface area (Å²) in [6, 6.07) is 13.4. The van der Waals surface area contributed by atoms with E-state index in [9.17, 15) is 19.2 Å². The van der Waals surface area contributed by atoms with Crippen molar-refractivity contribution in [3.63, 3.8) is 0 Å². The molecule has 1 aliphatic heterocycles. The van der Waals surface area contributed by atoms with Gasteiger partial charge in [0.15, 0.2) is 0 Å². The van der Waals surface area contributed by atoms with E-state index in [4.69, 9.17) is 4.74 Å². The lowest BCUT2D eigenvalue weighted by Gasteiger charge is -2.22. The monoisotopic (exact) mass is 424 g/mol. The fourth-order valence-electron chi connectivity index (χ4n) is 3.30. The number of nitrogens with zero attached hydrogens (tertiary/aromatic N) is 1. The van der Waals surface area contributed by atoms with Crippen LogP contribution in [-0.4, -0.2) is 48.9 Å². The summed E-state index contributed by atoms with van der Waals surface area (Å²) >= 11 is 0. The highest BCUT2D eigenvalue weighted by molar-refractivity contribution is 6.09. The Balaban J connectivity index is 1.57. The van der Waals surface area contributed by atoms with Gasteiger partial charge < -0.3 is 20.7 Å². The number of amides is 5. The van der Waals surface area contributed by atoms with E-state index in [0.717, 1.165) is 10.5 Å². The number of urea groups is 1. The molecular formula is C22H24N4O5. The number of carbonyl (C=O) groups is 4. The summed E-state index contributed by atoms with van der Waals surface area (Å²) in [5.74, 6) is -1.15. The number of ether oxygens (including phenoxy) is 1. The van der Waals surface area contributed by atoms with Gasteiger partial charge in [-0.15, -0.1) is 0 Å². The Kier molecular flexibility index (Phi) is 6.24. The van der Waals surface area contributed by atoms with E-state index < -0.39 is 35.8 Å². The second kappa shape index (κ2) is 8.86. The molecule has 162 valence electrons. The Morgan fingerprint density at radius 3 is 2.48 bits per heavy atom. The number of nitrogens with one attached hydrogen (secondary N) is 3. The lowest BCUT2D eigenvalue weighted by molar-refractivity contribution is -0.135. The maximum atomic E-state index is 12.8. The van der Waals surface area contributed by atoms with Gasteiger partial charge in [-0.1, -0.05) is 36.4 Å². The van der Waals surface area contributed by atoms with Gasteiger partial charge in [-0.05, 0) is 37.1 Å². The van der Waals surface area contributed by atoms with E-state index in [-0.39, 0.29) is 6.54 Å². The Bertz CT molecular complexity index is 1020. The van der Waals surface area contributed by atoms with Gasteiger partial charge in [-0.3, -0.25) is 19.3 Å². The zero-order valence-electron chi connectivity index (χ0n) is 17.5. The molecular weight excluding hydrogens is 400 g/mol. The predicted molar refractivity (Wildman–Crippen MR) is 113 cm³/mol. The van der Waals surface area contributed by atoms with Gasteiger partial charge in [0.25, 0.3) is 5.91 Å². The normalized spacial score (nSPS) is 17.8. The number of hydrogen-bond acceptors (Lipinski definition) is 5. The van der Waals surface area contributed by atoms with Crippen molar-refractivity contribution in [3.05, 3.63) is 59.7 Å². The van der Waals surface area contributed by atoms with Gasteiger partial charge in [0.1, 0.15) is 17.8 Å². The molecule has 5 amide bonds. The number of benzene rings is 2. The summed E-state index contributed by atoms with van der Waals surface area (Å²) in [5.41, 5.74) is 0.773. The quantitative estimate of drug-likeness (QED) is 0.583. The second-order valence-electron chi connectivity index (χ2n) is 7.34. The minimum Gasteiger partial charge on any atom is -0.495 e. The summed E-state index contributed by atoms with van der Waals surface area (Å²) in [6.07, 6.45) is 0. The van der Waals surface area contributed by atoms with Crippen LogP contribution >= 0.6 is 0 Å². The number of anilines is 1. The first kappa shape index (κ1) is 21.8. The van der Waals surface area contributed by atoms with E-state index in [0.29, 0.717) is 17.0 Å². The third-order valence-electron chi connectivity index (χ3n) is 5.00. The lowest BCUT2D eigenvalue weighted by Crippen LogP contribution is -2.44. The van der Waals surface area contributed by atoms with Crippen molar-refractivity contribution in [2.24, 2.45) is 0 Å². The number of aryl methyl sites for hydroxylation is 1. The molecule has 2 aromatic rings. The first-order valence-corrected chi connectivity index (χ1v) is 9.65. The number of rotatable bonds is 7. The second-order valence-corrected chi connectivity index (χ2v) is 7.34. The highest BCUT2D eigenvalue weighted by Gasteiger charge is 2.49. The van der Waals surface area contributed by atoms with Crippen LogP contribution in [-0.2, 0) is 19.9 Å². The van der Waals surface area contributed by atoms with Crippen LogP contribution in [0.3, 0.4) is 0 Å². The number of imide groups is 1. The largest absolute Gasteiger partial charge is 0.495 e. The smallest absolute Gasteiger partial charge is 0.325 e. The van der Waals surface area contributed by atoms with Gasteiger partial charge in [0.05, 0.1) is 19.3 Å². The van der Waals surface area contributed by atoms with Crippen molar-refractivity contribution in [2.45, 2.75) is 19.4 Å². The molecule has 31 heavy (non-hydrogen) atoms. The average Bonchev–Trinajstić information content (AvgIpc) is 2.97. The standard InChI is InChI=1S/C22H24N4O5/c1-14-9-10-17(31-3)16(11-14)24-18(27)12-23-19(28)13-26-20(29)22(2,25-21(26)30)15-7-5-4-6-8-15/h4-11H,12-13H2,1-3H3,(H,23,28)(H,24,27)(H,25,30)/t22-/m0/s1. The minimum absolute atomic E-state index is 0.324. The number of carbonyl (C=O) groups excluding carboxylic acids is 4. The topological polar surface area (TPSA) is 117 Å². The first-order valence-electron chi connectivity index (χ1n) is 9.65. The van der Waals surface area contributed by atoms with Crippen LogP contribution in [0.5, 0.6) is 5.75 Å². The molecule has 9 heteroatoms. The summed E-state index contributed by atoms with van der Waals surface area (Å²) < 4.78 is 5.20. The highest BCUT2D eigenvalue weighted by atomic mass is 16.5. The van der Waals surface area contributed by atoms with Crippen molar-refractivity contribution in [1.82, 2.24) is 15.5 Å². The van der Waals surface area contributed by atoms with E-state index >= 15 is 0 Å². The summed E-state index contributed by atoms with van der Waals surface area (Å²) in [4.78, 5) is 50.5. The molecule has 3 N–H and O–H groups in total. The third-order valence-corrected chi connectivity index (χ3v) is 5.00. The molecule has 0 unspecified atom stereocenters. The fourth-order valence-corrected chi connectivity index (χ4v) is 3.30. The maximum Gasteiger partial charge on any atom is 0.325 e. The lowest BCUT2D eigenvalue weighted by atomic mass is 9.92. The van der Waals surface area contributed by atoms with Gasteiger partial charge in [0, 0.05) is 0 Å². The zero-order valence-corrected chi connectivity index (χ0v) is 17.5. The van der Waals surface area contributed by atoms with Gasteiger partial charge in [-0.25, -0.2) is 4.79 Å². The van der Waals surface area contributed by atoms with Crippen molar-refractivity contribution in [1.29, 1.82) is 0 Å². The van der Waals surface area contributed by atoms with Crippen LogP contribution in [0, 0.1) is 6.92 Å². The Labute approximate surface area is 179 Å². The molecule has 1 heterocycles. The molecule has 0 spiro atoms. The first-order chi connectivity index (χ1) is 14.7. The summed E-state index contributed by atoms with van der Waals surface area (Å²) in [5, 5.41) is 7.72. The summed E-state index contributed by atoms with van der Waals surface area (Å²) in [6.45, 7) is 2.64. The molecule has 0 bridgehead atoms. The number of methoxy groups -OCH3 is 1. The molecule has 1 fully saturated rings. The zero-order chi connectivity index (χ0) is 22.6. The maximum absolute atomic E-state index is 12.8. The van der Waals surface area contributed by atoms with Crippen molar-refractivity contribution in [2.75, 3.05) is 25.5 Å². The molecule has 1 aliphatic rings. The molecule has 0 aromatic heterocycles. The molecule has 1 atom stereocenters. The SMILES string of the molecule is COc1ccc(C)cc1NC(=O)CNC(=O)CN1C(=O)N[C@@](C)(c2ccccc2)C1=O. The van der Waals surface area contributed by atoms with Crippen molar-refractivity contribution in [3.8, 4) is 5.75 Å². The van der Waals surface area contributed by atoms with Gasteiger partial charge in [-0.2, -0.15) is 0 Å². The predicted octanol–water partition coefficient (Wildman–Crippen LogP) is 1.53. The van der Waals surface area contributed by atoms with Crippen molar-refractivity contribution < 1.29 is 23.9 Å². The van der Waals surface area contributed by atoms with Gasteiger partial charge >= 0.3 is 6.03 Å². The van der Waals surface area contributed by atoms with Gasteiger partial charge in [0.2, 0.25) is 11.8 Å².